The Labute approximate surface area is 93.1 Å². The summed E-state index contributed by atoms with van der Waals surface area (Å²) in [6.45, 7) is 1.47. The lowest BCUT2D eigenvalue weighted by Crippen LogP contribution is -1.97. The number of benzene rings is 1. The summed E-state index contributed by atoms with van der Waals surface area (Å²) in [7, 11) is 1.74. The molecule has 1 heterocycles. The van der Waals surface area contributed by atoms with Gasteiger partial charge in [0.2, 0.25) is 0 Å². The van der Waals surface area contributed by atoms with Crippen LogP contribution < -0.4 is 0 Å². The van der Waals surface area contributed by atoms with E-state index in [1.807, 2.05) is 6.07 Å². The third-order valence-corrected chi connectivity index (χ3v) is 2.42. The number of rotatable bonds is 2. The van der Waals surface area contributed by atoms with Gasteiger partial charge in [0, 0.05) is 19.5 Å². The van der Waals surface area contributed by atoms with Gasteiger partial charge in [0.05, 0.1) is 5.69 Å². The number of carbonyl (C=O) groups excluding carboxylic acids is 1. The van der Waals surface area contributed by atoms with Crippen LogP contribution in [0.1, 0.15) is 17.4 Å². The summed E-state index contributed by atoms with van der Waals surface area (Å²) in [4.78, 5) is 11.2. The van der Waals surface area contributed by atoms with Crippen LogP contribution in [0.3, 0.4) is 0 Å². The number of Topliss-reactive ketones (excluding diaryl/α,β-unsaturated/α-hetero) is 1. The molecule has 1 N–H and O–H groups in total. The average Bonchev–Trinajstić information content (AvgIpc) is 2.61. The molecule has 0 radical (unpaired) electrons. The van der Waals surface area contributed by atoms with Crippen LogP contribution in [0, 0.1) is 0 Å². The molecule has 1 aromatic carbocycles. The first-order valence-electron chi connectivity index (χ1n) is 4.93. The summed E-state index contributed by atoms with van der Waals surface area (Å²) in [6.07, 6.45) is 0. The lowest BCUT2D eigenvalue weighted by Gasteiger charge is -2.03. The minimum atomic E-state index is -0.0859. The van der Waals surface area contributed by atoms with Crippen LogP contribution in [0.5, 0.6) is 5.75 Å². The van der Waals surface area contributed by atoms with E-state index in [9.17, 15) is 9.90 Å². The number of aromatic nitrogens is 2. The average molecular weight is 216 g/mol. The number of para-hydroxylation sites is 1. The SMILES string of the molecule is CC(=O)c1cc(-c2ccccc2O)n(C)n1. The molecule has 82 valence electrons. The molecule has 2 aromatic rings. The van der Waals surface area contributed by atoms with Crippen molar-refractivity contribution in [1.82, 2.24) is 9.78 Å². The normalized spacial score (nSPS) is 10.4. The van der Waals surface area contributed by atoms with Gasteiger partial charge in [-0.15, -0.1) is 0 Å². The Morgan fingerprint density at radius 3 is 2.62 bits per heavy atom. The zero-order chi connectivity index (χ0) is 11.7. The number of hydrogen-bond donors (Lipinski definition) is 1. The fourth-order valence-electron chi connectivity index (χ4n) is 1.58. The maximum Gasteiger partial charge on any atom is 0.180 e. The number of phenolic OH excluding ortho intramolecular Hbond substituents is 1. The molecule has 0 unspecified atom stereocenters. The van der Waals surface area contributed by atoms with Crippen LogP contribution in [-0.2, 0) is 7.05 Å². The maximum atomic E-state index is 11.2. The second kappa shape index (κ2) is 3.81. The van der Waals surface area contributed by atoms with E-state index in [0.717, 1.165) is 5.69 Å². The molecule has 0 bridgehead atoms. The van der Waals surface area contributed by atoms with Gasteiger partial charge < -0.3 is 5.11 Å². The first-order valence-corrected chi connectivity index (χ1v) is 4.93. The zero-order valence-corrected chi connectivity index (χ0v) is 9.14. The van der Waals surface area contributed by atoms with E-state index in [0.29, 0.717) is 11.3 Å². The molecule has 1 aromatic heterocycles. The van der Waals surface area contributed by atoms with E-state index >= 15 is 0 Å². The lowest BCUT2D eigenvalue weighted by atomic mass is 10.1. The van der Waals surface area contributed by atoms with Crippen molar-refractivity contribution in [2.45, 2.75) is 6.92 Å². The minimum absolute atomic E-state index is 0.0859. The van der Waals surface area contributed by atoms with Crippen molar-refractivity contribution in [2.75, 3.05) is 0 Å². The van der Waals surface area contributed by atoms with Gasteiger partial charge in [0.15, 0.2) is 5.78 Å². The number of ketones is 1. The lowest BCUT2D eigenvalue weighted by molar-refractivity contribution is 0.101. The van der Waals surface area contributed by atoms with Gasteiger partial charge in [-0.25, -0.2) is 0 Å². The molecule has 0 saturated heterocycles. The molecule has 0 saturated carbocycles. The quantitative estimate of drug-likeness (QED) is 0.781. The van der Waals surface area contributed by atoms with Crippen LogP contribution in [0.25, 0.3) is 11.3 Å². The monoisotopic (exact) mass is 216 g/mol. The van der Waals surface area contributed by atoms with Gasteiger partial charge >= 0.3 is 0 Å². The molecule has 0 aliphatic rings. The van der Waals surface area contributed by atoms with Crippen molar-refractivity contribution in [1.29, 1.82) is 0 Å². The summed E-state index contributed by atoms with van der Waals surface area (Å²) < 4.78 is 1.59. The summed E-state index contributed by atoms with van der Waals surface area (Å²) in [5.41, 5.74) is 1.80. The first kappa shape index (κ1) is 10.4. The number of phenols is 1. The number of nitrogens with zero attached hydrogens (tertiary/aromatic N) is 2. The Kier molecular flexibility index (Phi) is 2.48. The maximum absolute atomic E-state index is 11.2. The third-order valence-electron chi connectivity index (χ3n) is 2.42. The Balaban J connectivity index is 2.57. The largest absolute Gasteiger partial charge is 0.507 e. The number of aryl methyl sites for hydroxylation is 1. The second-order valence-electron chi connectivity index (χ2n) is 3.61. The predicted octanol–water partition coefficient (Wildman–Crippen LogP) is 2.00. The minimum Gasteiger partial charge on any atom is -0.507 e. The topological polar surface area (TPSA) is 55.1 Å². The van der Waals surface area contributed by atoms with E-state index < -0.39 is 0 Å². The van der Waals surface area contributed by atoms with E-state index in [1.165, 1.54) is 6.92 Å². The zero-order valence-electron chi connectivity index (χ0n) is 9.14. The number of hydrogen-bond acceptors (Lipinski definition) is 3. The molecule has 2 rings (SSSR count). The van der Waals surface area contributed by atoms with Gasteiger partial charge in [-0.3, -0.25) is 9.48 Å². The molecular formula is C12H12N2O2. The molecule has 4 nitrogen and oxygen atoms in total. The van der Waals surface area contributed by atoms with Crippen LogP contribution in [0.2, 0.25) is 0 Å². The van der Waals surface area contributed by atoms with Gasteiger partial charge in [-0.05, 0) is 18.2 Å². The van der Waals surface area contributed by atoms with Gasteiger partial charge in [0.25, 0.3) is 0 Å². The van der Waals surface area contributed by atoms with Crippen molar-refractivity contribution in [2.24, 2.45) is 7.05 Å². The Hall–Kier alpha value is -2.10. The van der Waals surface area contributed by atoms with Gasteiger partial charge in [0.1, 0.15) is 11.4 Å². The highest BCUT2D eigenvalue weighted by atomic mass is 16.3. The van der Waals surface area contributed by atoms with E-state index in [1.54, 1.807) is 36.0 Å². The van der Waals surface area contributed by atoms with Crippen LogP contribution in [0.15, 0.2) is 30.3 Å². The van der Waals surface area contributed by atoms with E-state index in [-0.39, 0.29) is 11.5 Å². The molecule has 0 amide bonds. The smallest absolute Gasteiger partial charge is 0.180 e. The van der Waals surface area contributed by atoms with Crippen molar-refractivity contribution < 1.29 is 9.90 Å². The molecule has 0 spiro atoms. The molecule has 4 heteroatoms. The highest BCUT2D eigenvalue weighted by molar-refractivity contribution is 5.93. The summed E-state index contributed by atoms with van der Waals surface area (Å²) in [6, 6.07) is 8.65. The van der Waals surface area contributed by atoms with Crippen LogP contribution in [0.4, 0.5) is 0 Å². The highest BCUT2D eigenvalue weighted by Crippen LogP contribution is 2.28. The molecule has 0 aliphatic carbocycles. The summed E-state index contributed by atoms with van der Waals surface area (Å²) >= 11 is 0. The Morgan fingerprint density at radius 2 is 2.06 bits per heavy atom. The Bertz CT molecular complexity index is 544. The number of aromatic hydroxyl groups is 1. The second-order valence-corrected chi connectivity index (χ2v) is 3.61. The van der Waals surface area contributed by atoms with Gasteiger partial charge in [-0.2, -0.15) is 5.10 Å². The summed E-state index contributed by atoms with van der Waals surface area (Å²) in [5.74, 6) is 0.0953. The Morgan fingerprint density at radius 1 is 1.38 bits per heavy atom. The van der Waals surface area contributed by atoms with Crippen LogP contribution >= 0.6 is 0 Å². The highest BCUT2D eigenvalue weighted by Gasteiger charge is 2.12. The predicted molar refractivity (Wildman–Crippen MR) is 60.3 cm³/mol. The van der Waals surface area contributed by atoms with Crippen LogP contribution in [-0.4, -0.2) is 20.7 Å². The van der Waals surface area contributed by atoms with Crippen molar-refractivity contribution in [3.05, 3.63) is 36.0 Å². The van der Waals surface area contributed by atoms with Crippen molar-refractivity contribution in [3.63, 3.8) is 0 Å². The van der Waals surface area contributed by atoms with E-state index in [2.05, 4.69) is 5.10 Å². The van der Waals surface area contributed by atoms with Crippen molar-refractivity contribution >= 4 is 5.78 Å². The fraction of sp³-hybridized carbons (Fsp3) is 0.167. The van der Waals surface area contributed by atoms with E-state index in [4.69, 9.17) is 0 Å². The van der Waals surface area contributed by atoms with Gasteiger partial charge in [-0.1, -0.05) is 12.1 Å². The van der Waals surface area contributed by atoms with Crippen molar-refractivity contribution in [3.8, 4) is 17.0 Å². The molecule has 0 atom stereocenters. The number of carbonyl (C=O) groups is 1. The molecule has 0 fully saturated rings. The summed E-state index contributed by atoms with van der Waals surface area (Å²) in [5, 5.41) is 13.8. The standard InChI is InChI=1S/C12H12N2O2/c1-8(15)10-7-11(14(2)13-10)9-5-3-4-6-12(9)16/h3-7,16H,1-2H3. The molecular weight excluding hydrogens is 204 g/mol. The molecule has 0 aliphatic heterocycles. The first-order chi connectivity index (χ1) is 7.59. The fourth-order valence-corrected chi connectivity index (χ4v) is 1.58. The molecule has 16 heavy (non-hydrogen) atoms. The third kappa shape index (κ3) is 1.69.